The molecule has 2 aromatic rings. The van der Waals surface area contributed by atoms with E-state index in [1.54, 1.807) is 24.3 Å². The maximum absolute atomic E-state index is 12.0. The highest BCUT2D eigenvalue weighted by atomic mass is 79.9. The zero-order valence-corrected chi connectivity index (χ0v) is 16.6. The SMILES string of the molecule is O=C(CCCc1ccccc1)Oc1ccc(C=C2SC(=O)NC2=O)cc1Br. The summed E-state index contributed by atoms with van der Waals surface area (Å²) in [6.45, 7) is 0. The van der Waals surface area contributed by atoms with E-state index in [0.29, 0.717) is 28.0 Å². The van der Waals surface area contributed by atoms with Crippen LogP contribution in [0.3, 0.4) is 0 Å². The second-order valence-electron chi connectivity index (χ2n) is 5.86. The molecule has 138 valence electrons. The second kappa shape index (κ2) is 9.01. The Hall–Kier alpha value is -2.38. The van der Waals surface area contributed by atoms with Crippen molar-refractivity contribution in [3.63, 3.8) is 0 Å². The molecule has 0 aromatic heterocycles. The zero-order valence-electron chi connectivity index (χ0n) is 14.2. The van der Waals surface area contributed by atoms with E-state index in [0.717, 1.165) is 23.7 Å². The molecule has 1 saturated heterocycles. The summed E-state index contributed by atoms with van der Waals surface area (Å²) >= 11 is 4.23. The standard InChI is InChI=1S/C20H16BrNO4S/c21-15-11-14(12-17-19(24)22-20(25)27-17)9-10-16(15)26-18(23)8-4-7-13-5-2-1-3-6-13/h1-3,5-6,9-12H,4,7-8H2,(H,22,24,25). The quantitative estimate of drug-likeness (QED) is 0.396. The number of ether oxygens (including phenoxy) is 1. The molecule has 5 nitrogen and oxygen atoms in total. The maximum atomic E-state index is 12.0. The van der Waals surface area contributed by atoms with Crippen LogP contribution in [0.5, 0.6) is 5.75 Å². The van der Waals surface area contributed by atoms with E-state index in [2.05, 4.69) is 21.2 Å². The van der Waals surface area contributed by atoms with Crippen molar-refractivity contribution in [2.75, 3.05) is 0 Å². The average molecular weight is 446 g/mol. The Morgan fingerprint density at radius 3 is 2.59 bits per heavy atom. The van der Waals surface area contributed by atoms with Crippen LogP contribution in [-0.4, -0.2) is 17.1 Å². The summed E-state index contributed by atoms with van der Waals surface area (Å²) in [5.74, 6) is -0.287. The third-order valence-corrected chi connectivity index (χ3v) is 5.24. The largest absolute Gasteiger partial charge is 0.425 e. The Morgan fingerprint density at radius 1 is 1.15 bits per heavy atom. The number of hydrogen-bond acceptors (Lipinski definition) is 5. The zero-order chi connectivity index (χ0) is 19.2. The van der Waals surface area contributed by atoms with Crippen LogP contribution in [0.15, 0.2) is 57.9 Å². The van der Waals surface area contributed by atoms with Crippen LogP contribution in [0, 0.1) is 0 Å². The van der Waals surface area contributed by atoms with Crippen molar-refractivity contribution in [2.24, 2.45) is 0 Å². The number of hydrogen-bond donors (Lipinski definition) is 1. The van der Waals surface area contributed by atoms with Crippen LogP contribution in [0.25, 0.3) is 6.08 Å². The van der Waals surface area contributed by atoms with E-state index >= 15 is 0 Å². The van der Waals surface area contributed by atoms with E-state index in [1.807, 2.05) is 30.3 Å². The van der Waals surface area contributed by atoms with Crippen LogP contribution in [0.4, 0.5) is 4.79 Å². The van der Waals surface area contributed by atoms with Gasteiger partial charge in [-0.3, -0.25) is 19.7 Å². The van der Waals surface area contributed by atoms with Gasteiger partial charge in [0.2, 0.25) is 0 Å². The van der Waals surface area contributed by atoms with Gasteiger partial charge in [-0.2, -0.15) is 0 Å². The van der Waals surface area contributed by atoms with E-state index in [1.165, 1.54) is 5.56 Å². The van der Waals surface area contributed by atoms with Crippen LogP contribution < -0.4 is 10.1 Å². The molecule has 0 bridgehead atoms. The van der Waals surface area contributed by atoms with Crippen molar-refractivity contribution in [1.29, 1.82) is 0 Å². The van der Waals surface area contributed by atoms with Gasteiger partial charge in [-0.25, -0.2) is 0 Å². The lowest BCUT2D eigenvalue weighted by Crippen LogP contribution is -2.17. The number of amides is 2. The van der Waals surface area contributed by atoms with Crippen molar-refractivity contribution < 1.29 is 19.1 Å². The van der Waals surface area contributed by atoms with Gasteiger partial charge in [0.25, 0.3) is 11.1 Å². The molecular weight excluding hydrogens is 430 g/mol. The predicted molar refractivity (Wildman–Crippen MR) is 108 cm³/mol. The van der Waals surface area contributed by atoms with E-state index in [4.69, 9.17) is 4.74 Å². The molecule has 1 N–H and O–H groups in total. The Bertz CT molecular complexity index is 911. The molecule has 1 heterocycles. The first-order valence-corrected chi connectivity index (χ1v) is 9.91. The molecule has 1 fully saturated rings. The van der Waals surface area contributed by atoms with Gasteiger partial charge in [0.15, 0.2) is 0 Å². The molecule has 1 aliphatic rings. The molecule has 0 saturated carbocycles. The first kappa shape index (κ1) is 19.4. The number of nitrogens with one attached hydrogen (secondary N) is 1. The minimum absolute atomic E-state index is 0.297. The highest BCUT2D eigenvalue weighted by molar-refractivity contribution is 9.10. The molecule has 2 aromatic carbocycles. The number of esters is 1. The summed E-state index contributed by atoms with van der Waals surface area (Å²) in [7, 11) is 0. The first-order valence-electron chi connectivity index (χ1n) is 8.30. The minimum atomic E-state index is -0.407. The van der Waals surface area contributed by atoms with Gasteiger partial charge in [0.05, 0.1) is 9.38 Å². The predicted octanol–water partition coefficient (Wildman–Crippen LogP) is 4.70. The van der Waals surface area contributed by atoms with Crippen molar-refractivity contribution in [3.8, 4) is 5.75 Å². The highest BCUT2D eigenvalue weighted by Gasteiger charge is 2.25. The number of halogens is 1. The van der Waals surface area contributed by atoms with Gasteiger partial charge in [-0.15, -0.1) is 0 Å². The molecule has 0 aliphatic carbocycles. The Balaban J connectivity index is 1.56. The van der Waals surface area contributed by atoms with Crippen LogP contribution in [-0.2, 0) is 16.0 Å². The fourth-order valence-electron chi connectivity index (χ4n) is 2.52. The summed E-state index contributed by atoms with van der Waals surface area (Å²) in [6.07, 6.45) is 3.47. The number of carbonyl (C=O) groups excluding carboxylic acids is 3. The molecule has 27 heavy (non-hydrogen) atoms. The third-order valence-electron chi connectivity index (χ3n) is 3.81. The van der Waals surface area contributed by atoms with Crippen molar-refractivity contribution in [2.45, 2.75) is 19.3 Å². The fraction of sp³-hybridized carbons (Fsp3) is 0.150. The maximum Gasteiger partial charge on any atom is 0.311 e. The van der Waals surface area contributed by atoms with Crippen molar-refractivity contribution in [1.82, 2.24) is 5.32 Å². The van der Waals surface area contributed by atoms with E-state index in [-0.39, 0.29) is 11.2 Å². The Labute approximate surface area is 169 Å². The molecule has 1 aliphatic heterocycles. The topological polar surface area (TPSA) is 72.5 Å². The highest BCUT2D eigenvalue weighted by Crippen LogP contribution is 2.30. The number of carbonyl (C=O) groups is 3. The molecule has 0 spiro atoms. The average Bonchev–Trinajstić information content (AvgIpc) is 2.95. The summed E-state index contributed by atoms with van der Waals surface area (Å²) < 4.78 is 6.00. The summed E-state index contributed by atoms with van der Waals surface area (Å²) in [5.41, 5.74) is 1.91. The lowest BCUT2D eigenvalue weighted by Gasteiger charge is -2.07. The number of thioether (sulfide) groups is 1. The van der Waals surface area contributed by atoms with Crippen molar-refractivity contribution >= 4 is 50.9 Å². The minimum Gasteiger partial charge on any atom is -0.425 e. The smallest absolute Gasteiger partial charge is 0.311 e. The normalized spacial score (nSPS) is 15.1. The summed E-state index contributed by atoms with van der Waals surface area (Å²) in [6, 6.07) is 15.1. The Kier molecular flexibility index (Phi) is 6.47. The van der Waals surface area contributed by atoms with Gasteiger partial charge in [-0.05, 0) is 69.9 Å². The van der Waals surface area contributed by atoms with Gasteiger partial charge >= 0.3 is 5.97 Å². The van der Waals surface area contributed by atoms with Gasteiger partial charge in [-0.1, -0.05) is 36.4 Å². The first-order chi connectivity index (χ1) is 13.0. The molecule has 2 amide bonds. The number of rotatable bonds is 6. The second-order valence-corrected chi connectivity index (χ2v) is 7.72. The number of imide groups is 1. The fourth-order valence-corrected chi connectivity index (χ4v) is 3.68. The molecule has 0 radical (unpaired) electrons. The number of aryl methyl sites for hydroxylation is 1. The molecular formula is C20H16BrNO4S. The van der Waals surface area contributed by atoms with Crippen LogP contribution in [0.1, 0.15) is 24.0 Å². The monoisotopic (exact) mass is 445 g/mol. The van der Waals surface area contributed by atoms with Crippen LogP contribution in [0.2, 0.25) is 0 Å². The molecule has 0 unspecified atom stereocenters. The van der Waals surface area contributed by atoms with E-state index in [9.17, 15) is 14.4 Å². The van der Waals surface area contributed by atoms with Crippen LogP contribution >= 0.6 is 27.7 Å². The van der Waals surface area contributed by atoms with Gasteiger partial charge in [0.1, 0.15) is 5.75 Å². The Morgan fingerprint density at radius 2 is 1.93 bits per heavy atom. The van der Waals surface area contributed by atoms with Gasteiger partial charge < -0.3 is 4.74 Å². The van der Waals surface area contributed by atoms with Gasteiger partial charge in [0, 0.05) is 6.42 Å². The van der Waals surface area contributed by atoms with Crippen molar-refractivity contribution in [3.05, 3.63) is 69.0 Å². The summed E-state index contributed by atoms with van der Waals surface area (Å²) in [4.78, 5) is 35.2. The lowest BCUT2D eigenvalue weighted by atomic mass is 10.1. The molecule has 0 atom stereocenters. The van der Waals surface area contributed by atoms with E-state index < -0.39 is 5.91 Å². The third kappa shape index (κ3) is 5.55. The molecule has 3 rings (SSSR count). The molecule has 7 heteroatoms. The number of benzene rings is 2. The lowest BCUT2D eigenvalue weighted by molar-refractivity contribution is -0.134. The summed E-state index contributed by atoms with van der Waals surface area (Å²) in [5, 5.41) is 1.82.